The van der Waals surface area contributed by atoms with E-state index < -0.39 is 5.60 Å². The standard InChI is InChI=1S/C13H22N2OS/c1-10-2-5-13(16,6-3-10)9-15-8-12-11(14)4-7-17-12/h4,7,10,15-16H,2-3,5-6,8-9,14H2,1H3. The fraction of sp³-hybridized carbons (Fsp3) is 0.692. The molecule has 0 radical (unpaired) electrons. The molecule has 0 bridgehead atoms. The minimum atomic E-state index is -0.501. The van der Waals surface area contributed by atoms with Crippen LogP contribution in [0.4, 0.5) is 5.69 Å². The second-order valence-corrected chi connectivity index (χ2v) is 6.31. The van der Waals surface area contributed by atoms with E-state index in [2.05, 4.69) is 12.2 Å². The maximum atomic E-state index is 10.4. The number of rotatable bonds is 4. The first kappa shape index (κ1) is 12.9. The van der Waals surface area contributed by atoms with Crippen LogP contribution in [0, 0.1) is 5.92 Å². The van der Waals surface area contributed by atoms with Gasteiger partial charge in [0, 0.05) is 23.7 Å². The molecule has 0 unspecified atom stereocenters. The van der Waals surface area contributed by atoms with E-state index in [4.69, 9.17) is 5.73 Å². The van der Waals surface area contributed by atoms with Gasteiger partial charge in [0.1, 0.15) is 0 Å². The lowest BCUT2D eigenvalue weighted by molar-refractivity contribution is -0.00625. The Morgan fingerprint density at radius 2 is 2.24 bits per heavy atom. The second kappa shape index (κ2) is 5.38. The van der Waals surface area contributed by atoms with Gasteiger partial charge in [0.05, 0.1) is 5.60 Å². The number of hydrogen-bond acceptors (Lipinski definition) is 4. The summed E-state index contributed by atoms with van der Waals surface area (Å²) in [6.45, 7) is 3.71. The van der Waals surface area contributed by atoms with E-state index in [1.807, 2.05) is 11.4 Å². The van der Waals surface area contributed by atoms with Crippen LogP contribution in [0.5, 0.6) is 0 Å². The molecule has 1 fully saturated rings. The summed E-state index contributed by atoms with van der Waals surface area (Å²) in [5, 5.41) is 15.7. The molecule has 1 heterocycles. The van der Waals surface area contributed by atoms with Gasteiger partial charge >= 0.3 is 0 Å². The summed E-state index contributed by atoms with van der Waals surface area (Å²) in [7, 11) is 0. The van der Waals surface area contributed by atoms with Gasteiger partial charge in [-0.2, -0.15) is 0 Å². The molecule has 0 spiro atoms. The topological polar surface area (TPSA) is 58.3 Å². The molecule has 1 aromatic heterocycles. The van der Waals surface area contributed by atoms with Crippen LogP contribution in [0.25, 0.3) is 0 Å². The third-order valence-electron chi connectivity index (χ3n) is 3.72. The largest absolute Gasteiger partial charge is 0.398 e. The van der Waals surface area contributed by atoms with Crippen molar-refractivity contribution in [3.63, 3.8) is 0 Å². The van der Waals surface area contributed by atoms with E-state index in [1.54, 1.807) is 11.3 Å². The summed E-state index contributed by atoms with van der Waals surface area (Å²) in [4.78, 5) is 1.16. The van der Waals surface area contributed by atoms with Crippen LogP contribution in [0.2, 0.25) is 0 Å². The van der Waals surface area contributed by atoms with E-state index in [0.29, 0.717) is 6.54 Å². The molecule has 0 aliphatic heterocycles. The average Bonchev–Trinajstić information content (AvgIpc) is 2.70. The lowest BCUT2D eigenvalue weighted by Gasteiger charge is -2.35. The Hall–Kier alpha value is -0.580. The fourth-order valence-electron chi connectivity index (χ4n) is 2.38. The van der Waals surface area contributed by atoms with Crippen molar-refractivity contribution in [2.75, 3.05) is 12.3 Å². The van der Waals surface area contributed by atoms with Crippen molar-refractivity contribution < 1.29 is 5.11 Å². The predicted molar refractivity (Wildman–Crippen MR) is 73.0 cm³/mol. The van der Waals surface area contributed by atoms with Gasteiger partial charge < -0.3 is 16.2 Å². The van der Waals surface area contributed by atoms with E-state index >= 15 is 0 Å². The smallest absolute Gasteiger partial charge is 0.0771 e. The monoisotopic (exact) mass is 254 g/mol. The van der Waals surface area contributed by atoms with Crippen LogP contribution in [-0.2, 0) is 6.54 Å². The van der Waals surface area contributed by atoms with E-state index in [-0.39, 0.29) is 0 Å². The van der Waals surface area contributed by atoms with Gasteiger partial charge in [0.15, 0.2) is 0 Å². The van der Waals surface area contributed by atoms with Crippen LogP contribution in [-0.4, -0.2) is 17.3 Å². The highest BCUT2D eigenvalue weighted by Crippen LogP contribution is 2.31. The predicted octanol–water partition coefficient (Wildman–Crippen LogP) is 2.36. The van der Waals surface area contributed by atoms with Crippen LogP contribution >= 0.6 is 11.3 Å². The summed E-state index contributed by atoms with van der Waals surface area (Å²) in [5.41, 5.74) is 6.17. The number of nitrogen functional groups attached to an aromatic ring is 1. The Morgan fingerprint density at radius 3 is 2.82 bits per heavy atom. The van der Waals surface area contributed by atoms with Gasteiger partial charge in [0.2, 0.25) is 0 Å². The molecular formula is C13H22N2OS. The molecule has 0 aromatic carbocycles. The molecule has 1 aliphatic rings. The molecule has 0 atom stereocenters. The minimum Gasteiger partial charge on any atom is -0.398 e. The van der Waals surface area contributed by atoms with Gasteiger partial charge in [0.25, 0.3) is 0 Å². The number of aliphatic hydroxyl groups is 1. The highest BCUT2D eigenvalue weighted by atomic mass is 32.1. The lowest BCUT2D eigenvalue weighted by Crippen LogP contribution is -2.43. The van der Waals surface area contributed by atoms with Crippen LogP contribution in [0.3, 0.4) is 0 Å². The van der Waals surface area contributed by atoms with Crippen molar-refractivity contribution in [3.05, 3.63) is 16.3 Å². The summed E-state index contributed by atoms with van der Waals surface area (Å²) < 4.78 is 0. The van der Waals surface area contributed by atoms with Crippen molar-refractivity contribution in [1.29, 1.82) is 0 Å². The van der Waals surface area contributed by atoms with Gasteiger partial charge in [-0.3, -0.25) is 0 Å². The summed E-state index contributed by atoms with van der Waals surface area (Å²) >= 11 is 1.67. The fourth-order valence-corrected chi connectivity index (χ4v) is 3.15. The zero-order valence-electron chi connectivity index (χ0n) is 10.4. The van der Waals surface area contributed by atoms with Gasteiger partial charge in [-0.05, 0) is 43.0 Å². The maximum absolute atomic E-state index is 10.4. The molecule has 0 saturated heterocycles. The highest BCUT2D eigenvalue weighted by molar-refractivity contribution is 7.10. The zero-order valence-corrected chi connectivity index (χ0v) is 11.2. The second-order valence-electron chi connectivity index (χ2n) is 5.31. The average molecular weight is 254 g/mol. The molecule has 3 nitrogen and oxygen atoms in total. The Bertz CT molecular complexity index is 356. The van der Waals surface area contributed by atoms with Gasteiger partial charge in [-0.1, -0.05) is 6.92 Å². The number of nitrogens with one attached hydrogen (secondary N) is 1. The molecule has 1 saturated carbocycles. The molecule has 96 valence electrons. The number of thiophene rings is 1. The van der Waals surface area contributed by atoms with Crippen molar-refractivity contribution >= 4 is 17.0 Å². The summed E-state index contributed by atoms with van der Waals surface area (Å²) in [6, 6.07) is 1.93. The SMILES string of the molecule is CC1CCC(O)(CNCc2sccc2N)CC1. The highest BCUT2D eigenvalue weighted by Gasteiger charge is 2.31. The van der Waals surface area contributed by atoms with E-state index in [9.17, 15) is 5.11 Å². The number of hydrogen-bond donors (Lipinski definition) is 3. The Labute approximate surface area is 107 Å². The van der Waals surface area contributed by atoms with Gasteiger partial charge in [-0.25, -0.2) is 0 Å². The lowest BCUT2D eigenvalue weighted by atomic mass is 9.79. The summed E-state index contributed by atoms with van der Waals surface area (Å²) in [5.74, 6) is 0.767. The Kier molecular flexibility index (Phi) is 4.07. The van der Waals surface area contributed by atoms with Crippen LogP contribution in [0.15, 0.2) is 11.4 Å². The van der Waals surface area contributed by atoms with Crippen molar-refractivity contribution in [2.24, 2.45) is 5.92 Å². The third-order valence-corrected chi connectivity index (χ3v) is 4.66. The van der Waals surface area contributed by atoms with Crippen molar-refractivity contribution in [2.45, 2.75) is 44.8 Å². The first-order valence-electron chi connectivity index (χ1n) is 6.34. The molecule has 17 heavy (non-hydrogen) atoms. The molecular weight excluding hydrogens is 232 g/mol. The number of nitrogens with two attached hydrogens (primary N) is 1. The first-order valence-corrected chi connectivity index (χ1v) is 7.22. The minimum absolute atomic E-state index is 0.501. The zero-order chi connectivity index (χ0) is 12.3. The molecule has 1 aromatic rings. The Balaban J connectivity index is 1.76. The Morgan fingerprint density at radius 1 is 1.53 bits per heavy atom. The van der Waals surface area contributed by atoms with E-state index in [1.165, 1.54) is 0 Å². The van der Waals surface area contributed by atoms with Crippen LogP contribution < -0.4 is 11.1 Å². The maximum Gasteiger partial charge on any atom is 0.0771 e. The van der Waals surface area contributed by atoms with Gasteiger partial charge in [-0.15, -0.1) is 11.3 Å². The molecule has 4 N–H and O–H groups in total. The van der Waals surface area contributed by atoms with Crippen molar-refractivity contribution in [3.8, 4) is 0 Å². The quantitative estimate of drug-likeness (QED) is 0.773. The molecule has 2 rings (SSSR count). The normalized spacial score (nSPS) is 29.4. The number of anilines is 1. The summed E-state index contributed by atoms with van der Waals surface area (Å²) in [6.07, 6.45) is 4.11. The van der Waals surface area contributed by atoms with E-state index in [0.717, 1.165) is 48.7 Å². The molecule has 1 aliphatic carbocycles. The first-order chi connectivity index (χ1) is 8.09. The van der Waals surface area contributed by atoms with Crippen molar-refractivity contribution in [1.82, 2.24) is 5.32 Å². The molecule has 0 amide bonds. The van der Waals surface area contributed by atoms with Crippen LogP contribution in [0.1, 0.15) is 37.5 Å². The third kappa shape index (κ3) is 3.44. The molecule has 4 heteroatoms.